The Balaban J connectivity index is 3.12. The largest absolute Gasteiger partial charge is 0.284 e. The summed E-state index contributed by atoms with van der Waals surface area (Å²) in [5, 5.41) is 10.3. The minimum absolute atomic E-state index is 0.000995. The Bertz CT molecular complexity index is 416. The summed E-state index contributed by atoms with van der Waals surface area (Å²) < 4.78 is -0.821. The first-order chi connectivity index (χ1) is 6.52. The zero-order valence-corrected chi connectivity index (χ0v) is 8.35. The molecule has 0 saturated carbocycles. The summed E-state index contributed by atoms with van der Waals surface area (Å²) in [6.07, 6.45) is 0. The molecule has 0 radical (unpaired) electrons. The van der Waals surface area contributed by atoms with Crippen molar-refractivity contribution in [3.05, 3.63) is 39.9 Å². The van der Waals surface area contributed by atoms with Crippen molar-refractivity contribution in [2.45, 2.75) is 0 Å². The molecule has 0 aromatic heterocycles. The maximum absolute atomic E-state index is 11.1. The van der Waals surface area contributed by atoms with Crippen molar-refractivity contribution in [2.75, 3.05) is 0 Å². The van der Waals surface area contributed by atoms with Crippen molar-refractivity contribution < 1.29 is 14.5 Å². The van der Waals surface area contributed by atoms with Crippen LogP contribution in [0.15, 0.2) is 24.3 Å². The van der Waals surface area contributed by atoms with Crippen molar-refractivity contribution in [1.29, 1.82) is 0 Å². The van der Waals surface area contributed by atoms with Gasteiger partial charge in [0.2, 0.25) is 5.78 Å². The third kappa shape index (κ3) is 2.23. The highest BCUT2D eigenvalue weighted by Gasteiger charge is 2.15. The lowest BCUT2D eigenvalue weighted by Crippen LogP contribution is -2.06. The number of nitro benzene ring substituents is 1. The van der Waals surface area contributed by atoms with Crippen LogP contribution in [0, 0.1) is 10.1 Å². The second-order valence-corrected chi connectivity index (χ2v) is 3.13. The molecule has 0 unspecified atom stereocenters. The molecule has 0 saturated heterocycles. The topological polar surface area (TPSA) is 77.3 Å². The smallest absolute Gasteiger partial charge is 0.270 e. The number of non-ortho nitro benzene ring substituents is 1. The summed E-state index contributed by atoms with van der Waals surface area (Å²) in [5.41, 5.74) is -0.217. The van der Waals surface area contributed by atoms with E-state index in [9.17, 15) is 19.7 Å². The van der Waals surface area contributed by atoms with Gasteiger partial charge in [0.05, 0.1) is 4.92 Å². The Morgan fingerprint density at radius 2 is 2.00 bits per heavy atom. The molecule has 0 bridgehead atoms. The maximum Gasteiger partial charge on any atom is 0.270 e. The third-order valence-electron chi connectivity index (χ3n) is 1.50. The van der Waals surface area contributed by atoms with Crippen molar-refractivity contribution in [1.82, 2.24) is 0 Å². The molecule has 0 atom stereocenters. The molecule has 0 heterocycles. The lowest BCUT2D eigenvalue weighted by molar-refractivity contribution is -0.384. The van der Waals surface area contributed by atoms with Gasteiger partial charge in [-0.3, -0.25) is 19.7 Å². The highest BCUT2D eigenvalue weighted by atomic mass is 79.9. The van der Waals surface area contributed by atoms with Gasteiger partial charge in [-0.1, -0.05) is 12.1 Å². The van der Waals surface area contributed by atoms with Crippen LogP contribution in [0.4, 0.5) is 5.69 Å². The van der Waals surface area contributed by atoms with Gasteiger partial charge >= 0.3 is 0 Å². The molecule has 1 aromatic carbocycles. The van der Waals surface area contributed by atoms with E-state index in [1.165, 1.54) is 18.2 Å². The van der Waals surface area contributed by atoms with Crippen LogP contribution in [-0.2, 0) is 4.79 Å². The molecule has 0 spiro atoms. The van der Waals surface area contributed by atoms with E-state index < -0.39 is 15.4 Å². The van der Waals surface area contributed by atoms with E-state index in [1.807, 2.05) is 0 Å². The number of nitro groups is 1. The molecule has 14 heavy (non-hydrogen) atoms. The fourth-order valence-electron chi connectivity index (χ4n) is 0.874. The molecule has 0 amide bonds. The summed E-state index contributed by atoms with van der Waals surface area (Å²) in [7, 11) is 0. The van der Waals surface area contributed by atoms with E-state index in [0.29, 0.717) is 0 Å². The van der Waals surface area contributed by atoms with Gasteiger partial charge in [-0.2, -0.15) is 0 Å². The zero-order chi connectivity index (χ0) is 10.7. The average molecular weight is 258 g/mol. The second-order valence-electron chi connectivity index (χ2n) is 2.41. The van der Waals surface area contributed by atoms with Crippen LogP contribution in [0.1, 0.15) is 10.4 Å². The van der Waals surface area contributed by atoms with E-state index >= 15 is 0 Å². The van der Waals surface area contributed by atoms with E-state index in [0.717, 1.165) is 6.07 Å². The fourth-order valence-corrected chi connectivity index (χ4v) is 1.10. The van der Waals surface area contributed by atoms with Gasteiger partial charge < -0.3 is 0 Å². The maximum atomic E-state index is 11.1. The first-order valence-electron chi connectivity index (χ1n) is 3.51. The van der Waals surface area contributed by atoms with Gasteiger partial charge in [-0.15, -0.1) is 0 Å². The van der Waals surface area contributed by atoms with Gasteiger partial charge in [0.15, 0.2) is 0 Å². The van der Waals surface area contributed by atoms with Crippen LogP contribution in [-0.4, -0.2) is 15.4 Å². The zero-order valence-electron chi connectivity index (χ0n) is 6.77. The van der Waals surface area contributed by atoms with Gasteiger partial charge in [0.1, 0.15) is 0 Å². The van der Waals surface area contributed by atoms with Crippen molar-refractivity contribution in [2.24, 2.45) is 0 Å². The van der Waals surface area contributed by atoms with Crippen molar-refractivity contribution >= 4 is 32.1 Å². The first kappa shape index (κ1) is 10.5. The summed E-state index contributed by atoms with van der Waals surface area (Å²) in [5.74, 6) is -0.797. The number of rotatable bonds is 3. The van der Waals surface area contributed by atoms with E-state index in [1.54, 1.807) is 0 Å². The number of Topliss-reactive ketones (excluding diaryl/α,β-unsaturated/α-hetero) is 1. The predicted molar refractivity (Wildman–Crippen MR) is 51.4 cm³/mol. The molecule has 0 aliphatic heterocycles. The molecule has 1 rings (SSSR count). The standard InChI is InChI=1S/C8H4BrNO4/c9-8(12)7(11)5-2-1-3-6(4-5)10(13)14/h1-4H. The lowest BCUT2D eigenvalue weighted by Gasteiger charge is -1.95. The molecular formula is C8H4BrNO4. The molecule has 0 aliphatic rings. The van der Waals surface area contributed by atoms with Crippen molar-refractivity contribution in [3.8, 4) is 0 Å². The minimum Gasteiger partial charge on any atom is -0.284 e. The Hall–Kier alpha value is -1.56. The average Bonchev–Trinajstić information content (AvgIpc) is 2.16. The highest BCUT2D eigenvalue weighted by molar-refractivity contribution is 9.19. The second kappa shape index (κ2) is 4.10. The van der Waals surface area contributed by atoms with Crippen molar-refractivity contribution in [3.63, 3.8) is 0 Å². The van der Waals surface area contributed by atoms with Crippen LogP contribution in [0.5, 0.6) is 0 Å². The molecule has 0 N–H and O–H groups in total. The fraction of sp³-hybridized carbons (Fsp3) is 0. The molecular weight excluding hydrogens is 254 g/mol. The molecule has 1 aromatic rings. The van der Waals surface area contributed by atoms with Crippen LogP contribution in [0.3, 0.4) is 0 Å². The lowest BCUT2D eigenvalue weighted by atomic mass is 10.1. The minimum atomic E-state index is -0.821. The Morgan fingerprint density at radius 3 is 2.50 bits per heavy atom. The number of halogens is 1. The highest BCUT2D eigenvalue weighted by Crippen LogP contribution is 2.14. The molecule has 5 nitrogen and oxygen atoms in total. The summed E-state index contributed by atoms with van der Waals surface area (Å²) >= 11 is 2.48. The Labute approximate surface area is 87.0 Å². The van der Waals surface area contributed by atoms with Crippen LogP contribution < -0.4 is 0 Å². The summed E-state index contributed by atoms with van der Waals surface area (Å²) in [4.78, 5) is 31.4. The summed E-state index contributed by atoms with van der Waals surface area (Å²) in [6.45, 7) is 0. The van der Waals surface area contributed by atoms with Gasteiger partial charge in [-0.05, 0) is 0 Å². The van der Waals surface area contributed by atoms with E-state index in [-0.39, 0.29) is 11.3 Å². The van der Waals surface area contributed by atoms with Gasteiger partial charge in [-0.25, -0.2) is 0 Å². The molecule has 0 aliphatic carbocycles. The van der Waals surface area contributed by atoms with Crippen LogP contribution >= 0.6 is 15.9 Å². The number of hydrogen-bond donors (Lipinski definition) is 0. The monoisotopic (exact) mass is 257 g/mol. The normalized spacial score (nSPS) is 9.50. The predicted octanol–water partition coefficient (Wildman–Crippen LogP) is 1.70. The van der Waals surface area contributed by atoms with E-state index in [2.05, 4.69) is 15.9 Å². The molecule has 6 heteroatoms. The number of benzene rings is 1. The number of ketones is 1. The quantitative estimate of drug-likeness (QED) is 0.272. The Morgan fingerprint density at radius 1 is 1.36 bits per heavy atom. The SMILES string of the molecule is O=C(Br)C(=O)c1cccc([N+](=O)[O-])c1. The number of carbonyl (C=O) groups is 2. The van der Waals surface area contributed by atoms with E-state index in [4.69, 9.17) is 0 Å². The third-order valence-corrected chi connectivity index (χ3v) is 1.86. The number of nitrogens with zero attached hydrogens (tertiary/aromatic N) is 1. The van der Waals surface area contributed by atoms with Crippen LogP contribution in [0.25, 0.3) is 0 Å². The molecule has 72 valence electrons. The van der Waals surface area contributed by atoms with Gasteiger partial charge in [0.25, 0.3) is 10.4 Å². The summed E-state index contributed by atoms with van der Waals surface area (Å²) in [6, 6.07) is 4.99. The van der Waals surface area contributed by atoms with Crippen LogP contribution in [0.2, 0.25) is 0 Å². The Kier molecular flexibility index (Phi) is 3.08. The molecule has 0 fully saturated rings. The number of carbonyl (C=O) groups excluding carboxylic acids is 2. The van der Waals surface area contributed by atoms with Gasteiger partial charge in [0, 0.05) is 33.6 Å². The first-order valence-corrected chi connectivity index (χ1v) is 4.30. The number of hydrogen-bond acceptors (Lipinski definition) is 4.